The molecule has 0 saturated carbocycles. The van der Waals surface area contributed by atoms with Gasteiger partial charge in [-0.25, -0.2) is 0 Å². The molecule has 21 heavy (non-hydrogen) atoms. The minimum absolute atomic E-state index is 0.111. The van der Waals surface area contributed by atoms with Gasteiger partial charge in [0.05, 0.1) is 5.75 Å². The first kappa shape index (κ1) is 20.0. The molecule has 4 nitrogen and oxygen atoms in total. The third kappa shape index (κ3) is 17.0. The van der Waals surface area contributed by atoms with Crippen LogP contribution < -0.4 is 5.32 Å². The molecule has 0 aliphatic carbocycles. The first-order valence-corrected chi connectivity index (χ1v) is 8.99. The quantitative estimate of drug-likeness (QED) is 0.358. The average Bonchev–Trinajstić information content (AvgIpc) is 2.44. The van der Waals surface area contributed by atoms with Crippen LogP contribution in [0.4, 0.5) is 0 Å². The topological polar surface area (TPSA) is 66.4 Å². The Morgan fingerprint density at radius 3 is 2.14 bits per heavy atom. The standard InChI is InChI=1S/C16H29NO3S/c1-2-13-21-14-15(18)17-12-10-8-6-4-3-5-7-9-11-16(19)20/h2H,1,3-14H2,(H,17,18)(H,19,20). The monoisotopic (exact) mass is 315 g/mol. The largest absolute Gasteiger partial charge is 0.481 e. The van der Waals surface area contributed by atoms with Gasteiger partial charge in [-0.05, 0) is 12.8 Å². The Labute approximate surface area is 132 Å². The number of nitrogens with one attached hydrogen (secondary N) is 1. The van der Waals surface area contributed by atoms with E-state index >= 15 is 0 Å². The molecule has 0 aromatic rings. The number of carbonyl (C=O) groups excluding carboxylic acids is 1. The SMILES string of the molecule is C=CCSCC(=O)NCCCCCCCCCCC(=O)O. The van der Waals surface area contributed by atoms with E-state index in [4.69, 9.17) is 5.11 Å². The molecule has 0 bridgehead atoms. The third-order valence-corrected chi connectivity index (χ3v) is 4.05. The minimum atomic E-state index is -0.695. The van der Waals surface area contributed by atoms with Crippen molar-refractivity contribution < 1.29 is 14.7 Å². The van der Waals surface area contributed by atoms with Gasteiger partial charge < -0.3 is 10.4 Å². The van der Waals surface area contributed by atoms with E-state index < -0.39 is 5.97 Å². The van der Waals surface area contributed by atoms with Gasteiger partial charge in [0, 0.05) is 18.7 Å². The summed E-state index contributed by atoms with van der Waals surface area (Å²) >= 11 is 1.58. The van der Waals surface area contributed by atoms with E-state index in [2.05, 4.69) is 11.9 Å². The lowest BCUT2D eigenvalue weighted by Crippen LogP contribution is -2.26. The lowest BCUT2D eigenvalue weighted by Gasteiger charge is -2.05. The van der Waals surface area contributed by atoms with E-state index in [1.807, 2.05) is 0 Å². The summed E-state index contributed by atoms with van der Waals surface area (Å²) in [4.78, 5) is 21.7. The second-order valence-corrected chi connectivity index (χ2v) is 6.16. The second kappa shape index (κ2) is 15.4. The van der Waals surface area contributed by atoms with Crippen molar-refractivity contribution in [1.82, 2.24) is 5.32 Å². The molecule has 5 heteroatoms. The molecular weight excluding hydrogens is 286 g/mol. The Morgan fingerprint density at radius 1 is 1.00 bits per heavy atom. The Morgan fingerprint density at radius 2 is 1.57 bits per heavy atom. The summed E-state index contributed by atoms with van der Waals surface area (Å²) in [5.41, 5.74) is 0. The summed E-state index contributed by atoms with van der Waals surface area (Å²) in [7, 11) is 0. The van der Waals surface area contributed by atoms with Gasteiger partial charge >= 0.3 is 5.97 Å². The van der Waals surface area contributed by atoms with Crippen LogP contribution in [0.25, 0.3) is 0 Å². The molecule has 0 radical (unpaired) electrons. The fraction of sp³-hybridized carbons (Fsp3) is 0.750. The molecule has 0 aromatic carbocycles. The summed E-state index contributed by atoms with van der Waals surface area (Å²) in [6, 6.07) is 0. The van der Waals surface area contributed by atoms with E-state index in [1.165, 1.54) is 19.3 Å². The average molecular weight is 315 g/mol. The molecule has 2 N–H and O–H groups in total. The third-order valence-electron chi connectivity index (χ3n) is 3.11. The Bertz CT molecular complexity index is 295. The summed E-state index contributed by atoms with van der Waals surface area (Å²) in [5.74, 6) is 0.752. The van der Waals surface area contributed by atoms with Crippen LogP contribution in [0.3, 0.4) is 0 Å². The summed E-state index contributed by atoms with van der Waals surface area (Å²) < 4.78 is 0. The number of carboxylic acids is 1. The Kier molecular flexibility index (Phi) is 14.7. The van der Waals surface area contributed by atoms with E-state index in [-0.39, 0.29) is 5.91 Å². The summed E-state index contributed by atoms with van der Waals surface area (Å²) in [6.07, 6.45) is 10.8. The number of carbonyl (C=O) groups is 2. The minimum Gasteiger partial charge on any atom is -0.481 e. The van der Waals surface area contributed by atoms with Gasteiger partial charge in [0.2, 0.25) is 5.91 Å². The molecule has 0 fully saturated rings. The van der Waals surface area contributed by atoms with Gasteiger partial charge in [0.1, 0.15) is 0 Å². The van der Waals surface area contributed by atoms with Crippen LogP contribution in [0.15, 0.2) is 12.7 Å². The molecule has 0 heterocycles. The lowest BCUT2D eigenvalue weighted by molar-refractivity contribution is -0.137. The van der Waals surface area contributed by atoms with Gasteiger partial charge in [-0.15, -0.1) is 18.3 Å². The predicted octanol–water partition coefficient (Wildman–Crippen LogP) is 3.62. The lowest BCUT2D eigenvalue weighted by atomic mass is 10.1. The maximum Gasteiger partial charge on any atom is 0.303 e. The first-order valence-electron chi connectivity index (χ1n) is 7.84. The van der Waals surface area contributed by atoms with Crippen molar-refractivity contribution in [2.45, 2.75) is 57.8 Å². The van der Waals surface area contributed by atoms with Crippen LogP contribution >= 0.6 is 11.8 Å². The number of amides is 1. The number of hydrogen-bond acceptors (Lipinski definition) is 3. The van der Waals surface area contributed by atoms with Crippen LogP contribution in [0, 0.1) is 0 Å². The molecule has 0 aliphatic rings. The highest BCUT2D eigenvalue weighted by Crippen LogP contribution is 2.09. The van der Waals surface area contributed by atoms with Crippen molar-refractivity contribution in [3.05, 3.63) is 12.7 Å². The molecule has 0 atom stereocenters. The fourth-order valence-electron chi connectivity index (χ4n) is 1.98. The Balaban J connectivity index is 3.13. The summed E-state index contributed by atoms with van der Waals surface area (Å²) in [5, 5.41) is 11.4. The molecule has 0 rings (SSSR count). The molecule has 0 saturated heterocycles. The normalized spacial score (nSPS) is 10.3. The van der Waals surface area contributed by atoms with E-state index in [0.717, 1.165) is 44.4 Å². The van der Waals surface area contributed by atoms with Crippen LogP contribution in [-0.4, -0.2) is 35.0 Å². The second-order valence-electron chi connectivity index (χ2n) is 5.13. The van der Waals surface area contributed by atoms with Gasteiger partial charge in [-0.1, -0.05) is 44.6 Å². The van der Waals surface area contributed by atoms with Gasteiger partial charge in [0.25, 0.3) is 0 Å². The van der Waals surface area contributed by atoms with Gasteiger partial charge in [0.15, 0.2) is 0 Å². The number of carboxylic acid groups (broad SMARTS) is 1. The highest BCUT2D eigenvalue weighted by atomic mass is 32.2. The Hall–Kier alpha value is -0.970. The van der Waals surface area contributed by atoms with E-state index in [0.29, 0.717) is 12.2 Å². The zero-order valence-electron chi connectivity index (χ0n) is 12.9. The maximum absolute atomic E-state index is 11.4. The molecule has 0 aliphatic heterocycles. The van der Waals surface area contributed by atoms with Gasteiger partial charge in [-0.2, -0.15) is 0 Å². The van der Waals surface area contributed by atoms with Crippen molar-refractivity contribution in [3.8, 4) is 0 Å². The van der Waals surface area contributed by atoms with Gasteiger partial charge in [-0.3, -0.25) is 9.59 Å². The molecular formula is C16H29NO3S. The van der Waals surface area contributed by atoms with Crippen LogP contribution in [0.5, 0.6) is 0 Å². The first-order chi connectivity index (χ1) is 10.2. The van der Waals surface area contributed by atoms with Crippen molar-refractivity contribution in [1.29, 1.82) is 0 Å². The molecule has 122 valence electrons. The molecule has 1 amide bonds. The zero-order chi connectivity index (χ0) is 15.8. The number of thioether (sulfide) groups is 1. The van der Waals surface area contributed by atoms with Crippen LogP contribution in [-0.2, 0) is 9.59 Å². The predicted molar refractivity (Wildman–Crippen MR) is 89.7 cm³/mol. The fourth-order valence-corrected chi connectivity index (χ4v) is 2.55. The van der Waals surface area contributed by atoms with Crippen molar-refractivity contribution >= 4 is 23.6 Å². The zero-order valence-corrected chi connectivity index (χ0v) is 13.8. The van der Waals surface area contributed by atoms with Crippen LogP contribution in [0.1, 0.15) is 57.8 Å². The smallest absolute Gasteiger partial charge is 0.303 e. The van der Waals surface area contributed by atoms with E-state index in [9.17, 15) is 9.59 Å². The molecule has 0 aromatic heterocycles. The number of unbranched alkanes of at least 4 members (excludes halogenated alkanes) is 7. The number of rotatable bonds is 15. The van der Waals surface area contributed by atoms with Crippen molar-refractivity contribution in [2.75, 3.05) is 18.1 Å². The summed E-state index contributed by atoms with van der Waals surface area (Å²) in [6.45, 7) is 4.38. The highest BCUT2D eigenvalue weighted by Gasteiger charge is 1.99. The van der Waals surface area contributed by atoms with Crippen molar-refractivity contribution in [3.63, 3.8) is 0 Å². The van der Waals surface area contributed by atoms with Crippen LogP contribution in [0.2, 0.25) is 0 Å². The molecule has 0 spiro atoms. The number of hydrogen-bond donors (Lipinski definition) is 2. The highest BCUT2D eigenvalue weighted by molar-refractivity contribution is 8.00. The molecule has 0 unspecified atom stereocenters. The number of aliphatic carboxylic acids is 1. The van der Waals surface area contributed by atoms with Crippen molar-refractivity contribution in [2.24, 2.45) is 0 Å². The maximum atomic E-state index is 11.4. The van der Waals surface area contributed by atoms with E-state index in [1.54, 1.807) is 17.8 Å².